The van der Waals surface area contributed by atoms with Crippen LogP contribution in [0.5, 0.6) is 0 Å². The Morgan fingerprint density at radius 3 is 2.21 bits per heavy atom. The van der Waals surface area contributed by atoms with Crippen LogP contribution in [-0.2, 0) is 10.0 Å². The molecule has 1 N–H and O–H groups in total. The van der Waals surface area contributed by atoms with E-state index in [9.17, 15) is 8.42 Å². The zero-order chi connectivity index (χ0) is 13.3. The third-order valence-electron chi connectivity index (χ3n) is 3.24. The summed E-state index contributed by atoms with van der Waals surface area (Å²) in [6, 6.07) is 7.52. The van der Waals surface area contributed by atoms with Crippen LogP contribution in [0.15, 0.2) is 29.2 Å². The molecule has 0 aromatic heterocycles. The molecule has 19 heavy (non-hydrogen) atoms. The van der Waals surface area contributed by atoms with Crippen LogP contribution in [0.3, 0.4) is 0 Å². The van der Waals surface area contributed by atoms with Gasteiger partial charge in [0.2, 0.25) is 10.0 Å². The highest BCUT2D eigenvalue weighted by Gasteiger charge is 2.31. The van der Waals surface area contributed by atoms with Gasteiger partial charge in [-0.05, 0) is 32.4 Å². The van der Waals surface area contributed by atoms with Crippen molar-refractivity contribution in [3.8, 4) is 0 Å². The summed E-state index contributed by atoms with van der Waals surface area (Å²) in [7, 11) is -3.37. The van der Waals surface area contributed by atoms with Gasteiger partial charge in [0.15, 0.2) is 0 Å². The molecule has 4 nitrogen and oxygen atoms in total. The lowest BCUT2D eigenvalue weighted by atomic mass is 10.2. The molecule has 0 bridgehead atoms. The Kier molecular flexibility index (Phi) is 5.38. The SMILES string of the molecule is Cc1ccccc1S(=O)(=O)N1CC(C)NC(C)C1.Cl. The number of benzene rings is 1. The van der Waals surface area contributed by atoms with Gasteiger partial charge in [0.05, 0.1) is 4.90 Å². The first-order chi connectivity index (χ1) is 8.41. The Hall–Kier alpha value is -0.620. The van der Waals surface area contributed by atoms with Crippen LogP contribution in [0.2, 0.25) is 0 Å². The Morgan fingerprint density at radius 1 is 1.16 bits per heavy atom. The fourth-order valence-corrected chi connectivity index (χ4v) is 4.30. The molecule has 0 aliphatic carbocycles. The van der Waals surface area contributed by atoms with Gasteiger partial charge >= 0.3 is 0 Å². The first kappa shape index (κ1) is 16.4. The Balaban J connectivity index is 0.00000180. The first-order valence-corrected chi connectivity index (χ1v) is 7.67. The maximum atomic E-state index is 12.6. The molecular formula is C13H21ClN2O2S. The summed E-state index contributed by atoms with van der Waals surface area (Å²) in [4.78, 5) is 0.423. The lowest BCUT2D eigenvalue weighted by Gasteiger charge is -2.35. The summed E-state index contributed by atoms with van der Waals surface area (Å²) in [6.07, 6.45) is 0. The van der Waals surface area contributed by atoms with Crippen LogP contribution in [-0.4, -0.2) is 37.9 Å². The number of hydrogen-bond acceptors (Lipinski definition) is 3. The molecule has 0 amide bonds. The van der Waals surface area contributed by atoms with Gasteiger partial charge in [-0.3, -0.25) is 0 Å². The molecule has 1 heterocycles. The van der Waals surface area contributed by atoms with E-state index in [1.807, 2.05) is 32.9 Å². The summed E-state index contributed by atoms with van der Waals surface area (Å²) in [6.45, 7) is 6.91. The summed E-state index contributed by atoms with van der Waals surface area (Å²) in [5.74, 6) is 0. The second-order valence-corrected chi connectivity index (χ2v) is 6.96. The van der Waals surface area contributed by atoms with E-state index in [0.29, 0.717) is 18.0 Å². The highest BCUT2D eigenvalue weighted by molar-refractivity contribution is 7.89. The number of aryl methyl sites for hydroxylation is 1. The second kappa shape index (κ2) is 6.22. The molecular weight excluding hydrogens is 284 g/mol. The third kappa shape index (κ3) is 3.48. The standard InChI is InChI=1S/C13H20N2O2S.ClH/c1-10-6-4-5-7-13(10)18(16,17)15-8-11(2)14-12(3)9-15;/h4-7,11-12,14H,8-9H2,1-3H3;1H. The summed E-state index contributed by atoms with van der Waals surface area (Å²) in [5, 5.41) is 3.34. The number of piperazine rings is 1. The summed E-state index contributed by atoms with van der Waals surface area (Å²) >= 11 is 0. The van der Waals surface area contributed by atoms with Crippen molar-refractivity contribution in [2.45, 2.75) is 37.8 Å². The van der Waals surface area contributed by atoms with Gasteiger partial charge in [-0.2, -0.15) is 4.31 Å². The van der Waals surface area contributed by atoms with Crippen LogP contribution in [0, 0.1) is 6.92 Å². The molecule has 2 rings (SSSR count). The van der Waals surface area contributed by atoms with E-state index in [4.69, 9.17) is 0 Å². The highest BCUT2D eigenvalue weighted by Crippen LogP contribution is 2.21. The molecule has 1 saturated heterocycles. The Bertz CT molecular complexity index is 523. The summed E-state index contributed by atoms with van der Waals surface area (Å²) < 4.78 is 26.8. The molecule has 0 radical (unpaired) electrons. The van der Waals surface area contributed by atoms with E-state index in [-0.39, 0.29) is 24.5 Å². The molecule has 1 aromatic rings. The Labute approximate surface area is 121 Å². The van der Waals surface area contributed by atoms with E-state index in [1.54, 1.807) is 16.4 Å². The highest BCUT2D eigenvalue weighted by atomic mass is 35.5. The van der Waals surface area contributed by atoms with Crippen LogP contribution < -0.4 is 5.32 Å². The topological polar surface area (TPSA) is 49.4 Å². The number of sulfonamides is 1. The number of halogens is 1. The molecule has 1 aromatic carbocycles. The Morgan fingerprint density at radius 2 is 1.68 bits per heavy atom. The van der Waals surface area contributed by atoms with Gasteiger partial charge < -0.3 is 5.32 Å². The molecule has 1 aliphatic rings. The van der Waals surface area contributed by atoms with Crippen molar-refractivity contribution >= 4 is 22.4 Å². The smallest absolute Gasteiger partial charge is 0.243 e. The lowest BCUT2D eigenvalue weighted by molar-refractivity contribution is 0.263. The van der Waals surface area contributed by atoms with Gasteiger partial charge in [-0.1, -0.05) is 18.2 Å². The van der Waals surface area contributed by atoms with Crippen molar-refractivity contribution in [2.24, 2.45) is 0 Å². The van der Waals surface area contributed by atoms with Crippen LogP contribution in [0.1, 0.15) is 19.4 Å². The van der Waals surface area contributed by atoms with E-state index in [0.717, 1.165) is 5.56 Å². The zero-order valence-corrected chi connectivity index (χ0v) is 13.1. The largest absolute Gasteiger partial charge is 0.309 e. The number of nitrogens with one attached hydrogen (secondary N) is 1. The average Bonchev–Trinajstić information content (AvgIpc) is 2.28. The minimum absolute atomic E-state index is 0. The third-order valence-corrected chi connectivity index (χ3v) is 5.23. The van der Waals surface area contributed by atoms with E-state index in [1.165, 1.54) is 0 Å². The minimum Gasteiger partial charge on any atom is -0.309 e. The van der Waals surface area contributed by atoms with Crippen molar-refractivity contribution in [3.05, 3.63) is 29.8 Å². The predicted octanol–water partition coefficient (Wildman–Crippen LogP) is 1.79. The van der Waals surface area contributed by atoms with Crippen molar-refractivity contribution in [1.29, 1.82) is 0 Å². The lowest BCUT2D eigenvalue weighted by Crippen LogP contribution is -2.55. The maximum Gasteiger partial charge on any atom is 0.243 e. The normalized spacial score (nSPS) is 24.8. The van der Waals surface area contributed by atoms with E-state index >= 15 is 0 Å². The molecule has 0 saturated carbocycles. The van der Waals surface area contributed by atoms with E-state index in [2.05, 4.69) is 5.32 Å². The molecule has 6 heteroatoms. The fraction of sp³-hybridized carbons (Fsp3) is 0.538. The predicted molar refractivity (Wildman–Crippen MR) is 79.2 cm³/mol. The van der Waals surface area contributed by atoms with Gasteiger partial charge in [-0.15, -0.1) is 12.4 Å². The molecule has 2 unspecified atom stereocenters. The monoisotopic (exact) mass is 304 g/mol. The van der Waals surface area contributed by atoms with Gasteiger partial charge in [-0.25, -0.2) is 8.42 Å². The van der Waals surface area contributed by atoms with Crippen molar-refractivity contribution in [2.75, 3.05) is 13.1 Å². The molecule has 0 spiro atoms. The fourth-order valence-electron chi connectivity index (χ4n) is 2.46. The number of hydrogen-bond donors (Lipinski definition) is 1. The molecule has 2 atom stereocenters. The minimum atomic E-state index is -3.37. The first-order valence-electron chi connectivity index (χ1n) is 6.23. The van der Waals surface area contributed by atoms with Crippen LogP contribution in [0.25, 0.3) is 0 Å². The van der Waals surface area contributed by atoms with Crippen molar-refractivity contribution in [1.82, 2.24) is 9.62 Å². The van der Waals surface area contributed by atoms with Crippen molar-refractivity contribution < 1.29 is 8.42 Å². The van der Waals surface area contributed by atoms with Gasteiger partial charge in [0.25, 0.3) is 0 Å². The maximum absolute atomic E-state index is 12.6. The summed E-state index contributed by atoms with van der Waals surface area (Å²) in [5.41, 5.74) is 0.802. The number of nitrogens with zero attached hydrogens (tertiary/aromatic N) is 1. The molecule has 1 fully saturated rings. The molecule has 108 valence electrons. The van der Waals surface area contributed by atoms with Gasteiger partial charge in [0, 0.05) is 25.2 Å². The average molecular weight is 305 g/mol. The number of rotatable bonds is 2. The quantitative estimate of drug-likeness (QED) is 0.906. The van der Waals surface area contributed by atoms with Crippen LogP contribution in [0.4, 0.5) is 0 Å². The second-order valence-electron chi connectivity index (χ2n) is 5.06. The van der Waals surface area contributed by atoms with Crippen molar-refractivity contribution in [3.63, 3.8) is 0 Å². The van der Waals surface area contributed by atoms with Crippen LogP contribution >= 0.6 is 12.4 Å². The van der Waals surface area contributed by atoms with E-state index < -0.39 is 10.0 Å². The molecule has 1 aliphatic heterocycles. The zero-order valence-electron chi connectivity index (χ0n) is 11.5. The van der Waals surface area contributed by atoms with Gasteiger partial charge in [0.1, 0.15) is 0 Å².